The standard InChI is InChI=1S/C22H27FN2O3S2/c23-20-13-7-8-14-21(20)25(30(27,28)19-11-5-2-6-12-19)17-22(26)24-15-16-29-18-9-3-1-4-10-18/h2,5-8,11-14,18H,1,3-4,9-10,15-17H2,(H,24,26). The van der Waals surface area contributed by atoms with Crippen molar-refractivity contribution in [2.45, 2.75) is 42.2 Å². The maximum atomic E-state index is 14.4. The average Bonchev–Trinajstić information content (AvgIpc) is 2.77. The number of nitrogens with one attached hydrogen (secondary N) is 1. The van der Waals surface area contributed by atoms with Gasteiger partial charge in [-0.2, -0.15) is 11.8 Å². The largest absolute Gasteiger partial charge is 0.354 e. The van der Waals surface area contributed by atoms with Gasteiger partial charge in [0.25, 0.3) is 10.0 Å². The van der Waals surface area contributed by atoms with Crippen molar-refractivity contribution in [3.63, 3.8) is 0 Å². The van der Waals surface area contributed by atoms with Crippen LogP contribution in [0, 0.1) is 5.82 Å². The van der Waals surface area contributed by atoms with E-state index in [1.165, 1.54) is 62.4 Å². The lowest BCUT2D eigenvalue weighted by Gasteiger charge is -2.24. The molecule has 1 N–H and O–H groups in total. The van der Waals surface area contributed by atoms with Gasteiger partial charge in [0.2, 0.25) is 5.91 Å². The summed E-state index contributed by atoms with van der Waals surface area (Å²) in [5.74, 6) is -0.374. The predicted octanol–water partition coefficient (Wildman–Crippen LogP) is 4.20. The summed E-state index contributed by atoms with van der Waals surface area (Å²) in [5, 5.41) is 3.42. The quantitative estimate of drug-likeness (QED) is 0.582. The highest BCUT2D eigenvalue weighted by Gasteiger charge is 2.28. The second kappa shape index (κ2) is 10.8. The molecule has 0 aliphatic heterocycles. The number of rotatable bonds is 9. The maximum absolute atomic E-state index is 14.4. The maximum Gasteiger partial charge on any atom is 0.264 e. The summed E-state index contributed by atoms with van der Waals surface area (Å²) in [6.45, 7) is -0.0250. The molecule has 1 fully saturated rings. The molecule has 0 heterocycles. The van der Waals surface area contributed by atoms with Crippen LogP contribution in [0.3, 0.4) is 0 Å². The number of thioether (sulfide) groups is 1. The molecule has 0 aromatic heterocycles. The molecule has 162 valence electrons. The molecule has 1 amide bonds. The minimum Gasteiger partial charge on any atom is -0.354 e. The van der Waals surface area contributed by atoms with Gasteiger partial charge in [-0.1, -0.05) is 49.6 Å². The Hall–Kier alpha value is -2.06. The zero-order valence-electron chi connectivity index (χ0n) is 16.8. The van der Waals surface area contributed by atoms with Crippen molar-refractivity contribution >= 4 is 33.4 Å². The lowest BCUT2D eigenvalue weighted by atomic mass is 10.0. The first-order valence-electron chi connectivity index (χ1n) is 10.2. The Morgan fingerprint density at radius 3 is 2.40 bits per heavy atom. The van der Waals surface area contributed by atoms with E-state index in [-0.39, 0.29) is 10.6 Å². The van der Waals surface area contributed by atoms with Crippen molar-refractivity contribution in [1.82, 2.24) is 5.32 Å². The molecule has 8 heteroatoms. The normalized spacial score (nSPS) is 15.0. The van der Waals surface area contributed by atoms with Gasteiger partial charge in [0.05, 0.1) is 10.6 Å². The number of anilines is 1. The first kappa shape index (κ1) is 22.6. The molecule has 0 unspecified atom stereocenters. The van der Waals surface area contributed by atoms with Crippen molar-refractivity contribution in [3.05, 3.63) is 60.4 Å². The summed E-state index contributed by atoms with van der Waals surface area (Å²) < 4.78 is 41.5. The fourth-order valence-corrected chi connectivity index (χ4v) is 6.18. The second-order valence-corrected chi connectivity index (χ2v) is 10.5. The number of benzene rings is 2. The summed E-state index contributed by atoms with van der Waals surface area (Å²) in [6.07, 6.45) is 6.26. The fraction of sp³-hybridized carbons (Fsp3) is 0.409. The van der Waals surface area contributed by atoms with Crippen molar-refractivity contribution < 1.29 is 17.6 Å². The van der Waals surface area contributed by atoms with Crippen molar-refractivity contribution in [2.24, 2.45) is 0 Å². The molecule has 1 saturated carbocycles. The zero-order chi connectivity index (χ0) is 21.4. The van der Waals surface area contributed by atoms with E-state index >= 15 is 0 Å². The third-order valence-electron chi connectivity index (χ3n) is 5.07. The van der Waals surface area contributed by atoms with E-state index in [1.54, 1.807) is 24.3 Å². The van der Waals surface area contributed by atoms with Crippen molar-refractivity contribution in [2.75, 3.05) is 23.1 Å². The van der Waals surface area contributed by atoms with E-state index in [9.17, 15) is 17.6 Å². The topological polar surface area (TPSA) is 66.5 Å². The van der Waals surface area contributed by atoms with E-state index in [2.05, 4.69) is 5.32 Å². The van der Waals surface area contributed by atoms with Crippen LogP contribution >= 0.6 is 11.8 Å². The molecule has 2 aromatic carbocycles. The monoisotopic (exact) mass is 450 g/mol. The number of hydrogen-bond donors (Lipinski definition) is 1. The van der Waals surface area contributed by atoms with Gasteiger partial charge < -0.3 is 5.32 Å². The molecule has 2 aromatic rings. The minimum atomic E-state index is -4.09. The molecule has 0 radical (unpaired) electrons. The first-order valence-corrected chi connectivity index (χ1v) is 12.7. The van der Waals surface area contributed by atoms with Crippen LogP contribution in [0.5, 0.6) is 0 Å². The van der Waals surface area contributed by atoms with Crippen LogP contribution in [0.25, 0.3) is 0 Å². The van der Waals surface area contributed by atoms with Crippen LogP contribution in [-0.2, 0) is 14.8 Å². The Balaban J connectivity index is 1.67. The number of halogens is 1. The van der Waals surface area contributed by atoms with Gasteiger partial charge in [0.1, 0.15) is 12.4 Å². The molecule has 0 bridgehead atoms. The predicted molar refractivity (Wildman–Crippen MR) is 120 cm³/mol. The lowest BCUT2D eigenvalue weighted by Crippen LogP contribution is -2.41. The van der Waals surface area contributed by atoms with Gasteiger partial charge >= 0.3 is 0 Å². The number of carbonyl (C=O) groups excluding carboxylic acids is 1. The first-order chi connectivity index (χ1) is 14.5. The lowest BCUT2D eigenvalue weighted by molar-refractivity contribution is -0.119. The SMILES string of the molecule is O=C(CN(c1ccccc1F)S(=O)(=O)c1ccccc1)NCCSC1CCCCC1. The van der Waals surface area contributed by atoms with Gasteiger partial charge in [0, 0.05) is 17.5 Å². The average molecular weight is 451 g/mol. The zero-order valence-corrected chi connectivity index (χ0v) is 18.4. The van der Waals surface area contributed by atoms with Crippen LogP contribution in [0.1, 0.15) is 32.1 Å². The van der Waals surface area contributed by atoms with Gasteiger partial charge in [0.15, 0.2) is 0 Å². The summed E-state index contributed by atoms with van der Waals surface area (Å²) in [6, 6.07) is 13.3. The third kappa shape index (κ3) is 5.98. The molecule has 1 aliphatic rings. The van der Waals surface area contributed by atoms with Crippen molar-refractivity contribution in [3.8, 4) is 0 Å². The summed E-state index contributed by atoms with van der Waals surface area (Å²) in [7, 11) is -4.09. The smallest absolute Gasteiger partial charge is 0.264 e. The van der Waals surface area contributed by atoms with Gasteiger partial charge in [-0.25, -0.2) is 12.8 Å². The van der Waals surface area contributed by atoms with Gasteiger partial charge in [-0.15, -0.1) is 0 Å². The number of sulfonamides is 1. The van der Waals surface area contributed by atoms with Crippen molar-refractivity contribution in [1.29, 1.82) is 0 Å². The molecule has 0 saturated heterocycles. The van der Waals surface area contributed by atoms with E-state index in [1.807, 2.05) is 11.8 Å². The Morgan fingerprint density at radius 1 is 1.03 bits per heavy atom. The Morgan fingerprint density at radius 2 is 1.70 bits per heavy atom. The number of carbonyl (C=O) groups is 1. The minimum absolute atomic E-state index is 0.00825. The van der Waals surface area contributed by atoms with E-state index < -0.39 is 28.3 Å². The fourth-order valence-electron chi connectivity index (χ4n) is 3.51. The Kier molecular flexibility index (Phi) is 8.16. The van der Waals surface area contributed by atoms with E-state index in [0.717, 1.165) is 10.1 Å². The third-order valence-corrected chi connectivity index (χ3v) is 8.23. The number of hydrogen-bond acceptors (Lipinski definition) is 4. The van der Waals surface area contributed by atoms with Crippen LogP contribution in [0.2, 0.25) is 0 Å². The molecule has 1 aliphatic carbocycles. The molecular formula is C22H27FN2O3S2. The van der Waals surface area contributed by atoms with Crippen LogP contribution < -0.4 is 9.62 Å². The van der Waals surface area contributed by atoms with E-state index in [4.69, 9.17) is 0 Å². The highest BCUT2D eigenvalue weighted by Crippen LogP contribution is 2.28. The van der Waals surface area contributed by atoms with Crippen LogP contribution in [-0.4, -0.2) is 38.4 Å². The molecule has 30 heavy (non-hydrogen) atoms. The highest BCUT2D eigenvalue weighted by atomic mass is 32.2. The van der Waals surface area contributed by atoms with Crippen LogP contribution in [0.4, 0.5) is 10.1 Å². The molecule has 0 atom stereocenters. The molecule has 0 spiro atoms. The van der Waals surface area contributed by atoms with E-state index in [0.29, 0.717) is 11.8 Å². The molecule has 5 nitrogen and oxygen atoms in total. The van der Waals surface area contributed by atoms with Crippen LogP contribution in [0.15, 0.2) is 59.5 Å². The molecular weight excluding hydrogens is 423 g/mol. The Labute approximate surface area is 182 Å². The summed E-state index contributed by atoms with van der Waals surface area (Å²) in [4.78, 5) is 12.5. The molecule has 3 rings (SSSR count). The number of para-hydroxylation sites is 1. The Bertz CT molecular complexity index is 932. The summed E-state index contributed by atoms with van der Waals surface area (Å²) >= 11 is 1.85. The number of nitrogens with zero attached hydrogens (tertiary/aromatic N) is 1. The van der Waals surface area contributed by atoms with Gasteiger partial charge in [-0.05, 0) is 37.1 Å². The summed E-state index contributed by atoms with van der Waals surface area (Å²) in [5.41, 5.74) is -0.145. The van der Waals surface area contributed by atoms with Gasteiger partial charge in [-0.3, -0.25) is 9.10 Å². The second-order valence-electron chi connectivity index (χ2n) is 7.26. The highest BCUT2D eigenvalue weighted by molar-refractivity contribution is 7.99. The number of amides is 1.